The summed E-state index contributed by atoms with van der Waals surface area (Å²) in [6.45, 7) is 6.75. The number of carbonyl (C=O) groups is 1. The maximum Gasteiger partial charge on any atom is 0.410 e. The lowest BCUT2D eigenvalue weighted by atomic mass is 9.97. The Morgan fingerprint density at radius 3 is 2.75 bits per heavy atom. The van der Waals surface area contributed by atoms with Gasteiger partial charge in [-0.3, -0.25) is 0 Å². The van der Waals surface area contributed by atoms with Gasteiger partial charge < -0.3 is 19.4 Å². The number of rotatable bonds is 5. The van der Waals surface area contributed by atoms with E-state index in [1.165, 1.54) is 0 Å². The lowest BCUT2D eigenvalue weighted by Gasteiger charge is -2.26. The molecular formula is C26H29N3O3. The molecule has 1 saturated heterocycles. The molecule has 1 amide bonds. The highest BCUT2D eigenvalue weighted by Crippen LogP contribution is 2.31. The number of aromatic nitrogens is 1. The van der Waals surface area contributed by atoms with Gasteiger partial charge in [0.15, 0.2) is 0 Å². The number of fused-ring (bicyclic) bond motifs is 1. The van der Waals surface area contributed by atoms with Gasteiger partial charge in [0.05, 0.1) is 30.4 Å². The number of ether oxygens (including phenoxy) is 2. The number of aromatic amines is 1. The first kappa shape index (κ1) is 21.9. The Morgan fingerprint density at radius 2 is 2.03 bits per heavy atom. The van der Waals surface area contributed by atoms with Crippen LogP contribution in [0.2, 0.25) is 0 Å². The van der Waals surface area contributed by atoms with Crippen LogP contribution in [0.15, 0.2) is 54.7 Å². The Kier molecular flexibility index (Phi) is 6.20. The Labute approximate surface area is 188 Å². The van der Waals surface area contributed by atoms with Gasteiger partial charge in [0.2, 0.25) is 0 Å². The number of nitriles is 1. The molecule has 0 radical (unpaired) electrons. The molecule has 2 aromatic carbocycles. The molecular weight excluding hydrogens is 402 g/mol. The van der Waals surface area contributed by atoms with E-state index >= 15 is 0 Å². The molecule has 166 valence electrons. The van der Waals surface area contributed by atoms with Crippen molar-refractivity contribution in [3.8, 4) is 6.07 Å². The molecule has 0 spiro atoms. The Morgan fingerprint density at radius 1 is 1.25 bits per heavy atom. The lowest BCUT2D eigenvalue weighted by Crippen LogP contribution is -2.36. The van der Waals surface area contributed by atoms with E-state index in [9.17, 15) is 10.1 Å². The summed E-state index contributed by atoms with van der Waals surface area (Å²) in [6, 6.07) is 18.2. The summed E-state index contributed by atoms with van der Waals surface area (Å²) in [5.41, 5.74) is 3.20. The van der Waals surface area contributed by atoms with E-state index in [4.69, 9.17) is 9.47 Å². The predicted molar refractivity (Wildman–Crippen MR) is 123 cm³/mol. The van der Waals surface area contributed by atoms with Crippen molar-refractivity contribution >= 4 is 17.0 Å². The smallest absolute Gasteiger partial charge is 0.410 e. The predicted octanol–water partition coefficient (Wildman–Crippen LogP) is 5.35. The maximum absolute atomic E-state index is 12.5. The van der Waals surface area contributed by atoms with Gasteiger partial charge >= 0.3 is 6.09 Å². The minimum Gasteiger partial charge on any atom is -0.444 e. The summed E-state index contributed by atoms with van der Waals surface area (Å²) in [6.07, 6.45) is 2.73. The van der Waals surface area contributed by atoms with E-state index in [0.717, 1.165) is 28.5 Å². The molecule has 3 aromatic rings. The summed E-state index contributed by atoms with van der Waals surface area (Å²) in [7, 11) is 0. The third kappa shape index (κ3) is 5.12. The van der Waals surface area contributed by atoms with Crippen molar-refractivity contribution in [2.24, 2.45) is 0 Å². The first-order chi connectivity index (χ1) is 15.3. The molecule has 1 fully saturated rings. The fourth-order valence-corrected chi connectivity index (χ4v) is 4.15. The van der Waals surface area contributed by atoms with E-state index in [1.807, 2.05) is 63.4 Å². The second-order valence-corrected chi connectivity index (χ2v) is 9.26. The highest BCUT2D eigenvalue weighted by atomic mass is 16.6. The van der Waals surface area contributed by atoms with Crippen LogP contribution in [0, 0.1) is 11.3 Å². The lowest BCUT2D eigenvalue weighted by molar-refractivity contribution is -0.0119. The van der Waals surface area contributed by atoms with Gasteiger partial charge in [-0.15, -0.1) is 0 Å². The second kappa shape index (κ2) is 9.05. The quantitative estimate of drug-likeness (QED) is 0.591. The van der Waals surface area contributed by atoms with Crippen LogP contribution >= 0.6 is 0 Å². The highest BCUT2D eigenvalue weighted by Gasteiger charge is 2.32. The Hall–Kier alpha value is -3.30. The monoisotopic (exact) mass is 431 g/mol. The first-order valence-corrected chi connectivity index (χ1v) is 11.0. The van der Waals surface area contributed by atoms with Gasteiger partial charge in [-0.1, -0.05) is 30.3 Å². The molecule has 0 bridgehead atoms. The third-order valence-corrected chi connectivity index (χ3v) is 5.61. The van der Waals surface area contributed by atoms with E-state index in [2.05, 4.69) is 23.2 Å². The van der Waals surface area contributed by atoms with Crippen molar-refractivity contribution in [2.75, 3.05) is 13.1 Å². The van der Waals surface area contributed by atoms with E-state index in [1.54, 1.807) is 4.90 Å². The largest absolute Gasteiger partial charge is 0.444 e. The summed E-state index contributed by atoms with van der Waals surface area (Å²) in [5.74, 6) is 0. The molecule has 1 aliphatic rings. The summed E-state index contributed by atoms with van der Waals surface area (Å²) in [5, 5.41) is 10.6. The van der Waals surface area contributed by atoms with Crippen molar-refractivity contribution in [1.82, 2.24) is 9.88 Å². The molecule has 1 aromatic heterocycles. The van der Waals surface area contributed by atoms with Crippen molar-refractivity contribution in [2.45, 2.75) is 51.4 Å². The number of nitrogens with zero attached hydrogens (tertiary/aromatic N) is 2. The van der Waals surface area contributed by atoms with Crippen molar-refractivity contribution in [3.05, 3.63) is 71.4 Å². The molecule has 0 aliphatic carbocycles. The van der Waals surface area contributed by atoms with Crippen LogP contribution in [0.5, 0.6) is 0 Å². The second-order valence-electron chi connectivity index (χ2n) is 9.26. The molecule has 6 nitrogen and oxygen atoms in total. The minimum absolute atomic E-state index is 0.0754. The van der Waals surface area contributed by atoms with Gasteiger partial charge in [-0.05, 0) is 56.5 Å². The summed E-state index contributed by atoms with van der Waals surface area (Å²) >= 11 is 0. The average Bonchev–Trinajstić information content (AvgIpc) is 3.42. The van der Waals surface area contributed by atoms with E-state index in [-0.39, 0.29) is 18.3 Å². The maximum atomic E-state index is 12.5. The van der Waals surface area contributed by atoms with Crippen molar-refractivity contribution < 1.29 is 14.3 Å². The molecule has 2 atom stereocenters. The van der Waals surface area contributed by atoms with Crippen LogP contribution in [0.4, 0.5) is 4.79 Å². The Balaban J connectivity index is 1.54. The molecule has 6 heteroatoms. The number of benzene rings is 2. The zero-order valence-corrected chi connectivity index (χ0v) is 18.8. The number of nitrogens with one attached hydrogen (secondary N) is 1. The topological polar surface area (TPSA) is 78.3 Å². The SMILES string of the molecule is CC(C)(C)OC(=O)N1CC[C@H](OC(Cc2cc(C#N)cc3[nH]ccc23)c2ccccc2)C1. The fourth-order valence-electron chi connectivity index (χ4n) is 4.15. The molecule has 4 rings (SSSR count). The number of carbonyl (C=O) groups excluding carboxylic acids is 1. The summed E-state index contributed by atoms with van der Waals surface area (Å²) < 4.78 is 12.1. The van der Waals surface area contributed by atoms with Gasteiger partial charge in [-0.2, -0.15) is 5.26 Å². The fraction of sp³-hybridized carbons (Fsp3) is 0.385. The van der Waals surface area contributed by atoms with Crippen molar-refractivity contribution in [3.63, 3.8) is 0 Å². The number of amides is 1. The molecule has 0 saturated carbocycles. The van der Waals surface area contributed by atoms with Crippen LogP contribution in [0.3, 0.4) is 0 Å². The molecule has 1 N–H and O–H groups in total. The molecule has 1 unspecified atom stereocenters. The summed E-state index contributed by atoms with van der Waals surface area (Å²) in [4.78, 5) is 17.4. The van der Waals surface area contributed by atoms with E-state index in [0.29, 0.717) is 25.1 Å². The zero-order chi connectivity index (χ0) is 22.7. The standard InChI is InChI=1S/C26H29N3O3/c1-26(2,3)32-25(30)29-12-10-21(17-29)31-24(19-7-5-4-6-8-19)15-20-13-18(16-27)14-23-22(20)9-11-28-23/h4-9,11,13-14,21,24,28H,10,12,15,17H2,1-3H3/t21-,24?/m0/s1. The van der Waals surface area contributed by atoms with Crippen LogP contribution in [0.1, 0.15) is 50.0 Å². The molecule has 1 aliphatic heterocycles. The van der Waals surface area contributed by atoms with Gasteiger partial charge in [0.25, 0.3) is 0 Å². The van der Waals surface area contributed by atoms with Gasteiger partial charge in [0, 0.05) is 30.1 Å². The number of likely N-dealkylation sites (tertiary alicyclic amines) is 1. The first-order valence-electron chi connectivity index (χ1n) is 11.0. The van der Waals surface area contributed by atoms with Crippen LogP contribution in [-0.2, 0) is 15.9 Å². The number of H-pyrrole nitrogens is 1. The van der Waals surface area contributed by atoms with Crippen LogP contribution < -0.4 is 0 Å². The highest BCUT2D eigenvalue weighted by molar-refractivity contribution is 5.84. The van der Waals surface area contributed by atoms with E-state index < -0.39 is 5.60 Å². The zero-order valence-electron chi connectivity index (χ0n) is 18.8. The van der Waals surface area contributed by atoms with Crippen molar-refractivity contribution in [1.29, 1.82) is 5.26 Å². The number of hydrogen-bond acceptors (Lipinski definition) is 4. The minimum atomic E-state index is -0.518. The third-order valence-electron chi connectivity index (χ3n) is 5.61. The normalized spacial score (nSPS) is 17.3. The number of hydrogen-bond donors (Lipinski definition) is 1. The molecule has 32 heavy (non-hydrogen) atoms. The van der Waals surface area contributed by atoms with Crippen LogP contribution in [0.25, 0.3) is 10.9 Å². The average molecular weight is 432 g/mol. The van der Waals surface area contributed by atoms with Crippen LogP contribution in [-0.4, -0.2) is 40.8 Å². The van der Waals surface area contributed by atoms with Gasteiger partial charge in [0.1, 0.15) is 5.60 Å². The Bertz CT molecular complexity index is 1120. The van der Waals surface area contributed by atoms with Gasteiger partial charge in [-0.25, -0.2) is 4.79 Å². The molecule has 2 heterocycles.